The summed E-state index contributed by atoms with van der Waals surface area (Å²) >= 11 is 5.54. The van der Waals surface area contributed by atoms with Crippen LogP contribution in [0.15, 0.2) is 6.07 Å². The molecule has 7 heteroatoms. The quantitative estimate of drug-likeness (QED) is 0.624. The standard InChI is InChI=1S/C11H9ClF2N2O2/c1-18-10(17)3-9-8(5-15)7(11(13)14)2-6(4-12)16-9/h2,11H,3-4H2,1H3. The van der Waals surface area contributed by atoms with Gasteiger partial charge >= 0.3 is 5.97 Å². The van der Waals surface area contributed by atoms with Gasteiger partial charge in [-0.2, -0.15) is 5.26 Å². The number of pyridine rings is 1. The first-order chi connectivity index (χ1) is 8.53. The lowest BCUT2D eigenvalue weighted by atomic mass is 10.0. The summed E-state index contributed by atoms with van der Waals surface area (Å²) in [6, 6.07) is 2.70. The maximum Gasteiger partial charge on any atom is 0.311 e. The fraction of sp³-hybridized carbons (Fsp3) is 0.364. The topological polar surface area (TPSA) is 63.0 Å². The summed E-state index contributed by atoms with van der Waals surface area (Å²) < 4.78 is 30.0. The minimum absolute atomic E-state index is 0.0437. The van der Waals surface area contributed by atoms with Gasteiger partial charge in [0.1, 0.15) is 6.07 Å². The molecule has 0 N–H and O–H groups in total. The first-order valence-corrected chi connectivity index (χ1v) is 5.40. The van der Waals surface area contributed by atoms with Gasteiger partial charge in [0.2, 0.25) is 0 Å². The zero-order valence-electron chi connectivity index (χ0n) is 9.41. The molecule has 0 saturated carbocycles. The molecule has 0 aromatic carbocycles. The van der Waals surface area contributed by atoms with Crippen molar-refractivity contribution in [3.8, 4) is 6.07 Å². The number of nitriles is 1. The minimum atomic E-state index is -2.83. The average Bonchev–Trinajstić information content (AvgIpc) is 2.37. The Morgan fingerprint density at radius 2 is 2.33 bits per heavy atom. The van der Waals surface area contributed by atoms with Crippen LogP contribution in [0.3, 0.4) is 0 Å². The molecule has 96 valence electrons. The third-order valence-electron chi connectivity index (χ3n) is 2.20. The Labute approximate surface area is 107 Å². The third kappa shape index (κ3) is 3.14. The fourth-order valence-electron chi connectivity index (χ4n) is 1.39. The number of ether oxygens (including phenoxy) is 1. The highest BCUT2D eigenvalue weighted by atomic mass is 35.5. The summed E-state index contributed by atoms with van der Waals surface area (Å²) in [5.74, 6) is -0.745. The van der Waals surface area contributed by atoms with Crippen molar-refractivity contribution in [3.05, 3.63) is 28.6 Å². The van der Waals surface area contributed by atoms with Gasteiger partial charge in [0.05, 0.1) is 36.4 Å². The molecular weight excluding hydrogens is 266 g/mol. The number of alkyl halides is 3. The SMILES string of the molecule is COC(=O)Cc1nc(CCl)cc(C(F)F)c1C#N. The van der Waals surface area contributed by atoms with Crippen LogP contribution in [-0.4, -0.2) is 18.1 Å². The van der Waals surface area contributed by atoms with Crippen molar-refractivity contribution in [2.45, 2.75) is 18.7 Å². The van der Waals surface area contributed by atoms with E-state index in [0.717, 1.165) is 13.2 Å². The summed E-state index contributed by atoms with van der Waals surface area (Å²) in [6.45, 7) is 0. The number of aromatic nitrogens is 1. The molecule has 0 aliphatic heterocycles. The van der Waals surface area contributed by atoms with Crippen LogP contribution < -0.4 is 0 Å². The zero-order chi connectivity index (χ0) is 13.7. The number of methoxy groups -OCH3 is 1. The van der Waals surface area contributed by atoms with Gasteiger partial charge in [-0.25, -0.2) is 8.78 Å². The second-order valence-corrected chi connectivity index (χ2v) is 3.59. The average molecular weight is 275 g/mol. The van der Waals surface area contributed by atoms with Crippen molar-refractivity contribution in [1.82, 2.24) is 4.98 Å². The van der Waals surface area contributed by atoms with Gasteiger partial charge in [0, 0.05) is 5.56 Å². The second kappa shape index (κ2) is 6.26. The summed E-state index contributed by atoms with van der Waals surface area (Å²) in [4.78, 5) is 15.0. The van der Waals surface area contributed by atoms with Crippen LogP contribution in [0.4, 0.5) is 8.78 Å². The van der Waals surface area contributed by atoms with Crippen molar-refractivity contribution in [2.24, 2.45) is 0 Å². The van der Waals surface area contributed by atoms with Crippen LogP contribution in [0.5, 0.6) is 0 Å². The maximum absolute atomic E-state index is 12.8. The van der Waals surface area contributed by atoms with Crippen molar-refractivity contribution < 1.29 is 18.3 Å². The monoisotopic (exact) mass is 274 g/mol. The molecule has 0 amide bonds. The van der Waals surface area contributed by atoms with Crippen molar-refractivity contribution in [3.63, 3.8) is 0 Å². The van der Waals surface area contributed by atoms with Crippen LogP contribution in [-0.2, 0) is 21.8 Å². The van der Waals surface area contributed by atoms with Crippen LogP contribution in [0.1, 0.15) is 28.9 Å². The van der Waals surface area contributed by atoms with E-state index in [2.05, 4.69) is 9.72 Å². The Hall–Kier alpha value is -1.74. The molecular formula is C11H9ClF2N2O2. The lowest BCUT2D eigenvalue weighted by molar-refractivity contribution is -0.139. The van der Waals surface area contributed by atoms with Crippen LogP contribution in [0, 0.1) is 11.3 Å². The van der Waals surface area contributed by atoms with Crippen molar-refractivity contribution in [1.29, 1.82) is 5.26 Å². The van der Waals surface area contributed by atoms with Crippen molar-refractivity contribution in [2.75, 3.05) is 7.11 Å². The first kappa shape index (κ1) is 14.3. The molecule has 0 fully saturated rings. The summed E-state index contributed by atoms with van der Waals surface area (Å²) in [5.41, 5.74) is -0.631. The lowest BCUT2D eigenvalue weighted by Gasteiger charge is -2.09. The Morgan fingerprint density at radius 1 is 1.67 bits per heavy atom. The number of halogens is 3. The van der Waals surface area contributed by atoms with Gasteiger partial charge in [-0.05, 0) is 6.07 Å². The smallest absolute Gasteiger partial charge is 0.311 e. The normalized spacial score (nSPS) is 10.2. The predicted octanol–water partition coefficient (Wildman–Crippen LogP) is 2.35. The Kier molecular flexibility index (Phi) is 4.98. The summed E-state index contributed by atoms with van der Waals surface area (Å²) in [6.07, 6.45) is -3.18. The molecule has 0 aliphatic rings. The van der Waals surface area contributed by atoms with Crippen LogP contribution >= 0.6 is 11.6 Å². The molecule has 0 unspecified atom stereocenters. The maximum atomic E-state index is 12.8. The van der Waals surface area contributed by atoms with Gasteiger partial charge in [0.25, 0.3) is 6.43 Å². The molecule has 0 radical (unpaired) electrons. The number of carbonyl (C=O) groups is 1. The van der Waals surface area contributed by atoms with E-state index < -0.39 is 18.0 Å². The molecule has 1 aromatic heterocycles. The molecule has 18 heavy (non-hydrogen) atoms. The molecule has 0 saturated heterocycles. The molecule has 1 heterocycles. The van der Waals surface area contributed by atoms with Gasteiger partial charge in [-0.15, -0.1) is 11.6 Å². The van der Waals surface area contributed by atoms with Crippen LogP contribution in [0.2, 0.25) is 0 Å². The van der Waals surface area contributed by atoms with E-state index in [1.54, 1.807) is 6.07 Å². The molecule has 4 nitrogen and oxygen atoms in total. The summed E-state index contributed by atoms with van der Waals surface area (Å²) in [7, 11) is 1.16. The van der Waals surface area contributed by atoms with Gasteiger partial charge < -0.3 is 4.74 Å². The van der Waals surface area contributed by atoms with Crippen LogP contribution in [0.25, 0.3) is 0 Å². The molecule has 1 aromatic rings. The Balaban J connectivity index is 3.34. The highest BCUT2D eigenvalue weighted by Crippen LogP contribution is 2.26. The zero-order valence-corrected chi connectivity index (χ0v) is 10.2. The van der Waals surface area contributed by atoms with E-state index >= 15 is 0 Å². The predicted molar refractivity (Wildman–Crippen MR) is 59.2 cm³/mol. The van der Waals surface area contributed by atoms with E-state index in [-0.39, 0.29) is 29.3 Å². The van der Waals surface area contributed by atoms with E-state index in [9.17, 15) is 13.6 Å². The number of rotatable bonds is 4. The highest BCUT2D eigenvalue weighted by Gasteiger charge is 2.20. The minimum Gasteiger partial charge on any atom is -0.469 e. The largest absolute Gasteiger partial charge is 0.469 e. The molecule has 0 atom stereocenters. The third-order valence-corrected chi connectivity index (χ3v) is 2.48. The number of hydrogen-bond donors (Lipinski definition) is 0. The van der Waals surface area contributed by atoms with Gasteiger partial charge in [0.15, 0.2) is 0 Å². The first-order valence-electron chi connectivity index (χ1n) is 4.87. The van der Waals surface area contributed by atoms with Gasteiger partial charge in [-0.1, -0.05) is 0 Å². The molecule has 0 spiro atoms. The van der Waals surface area contributed by atoms with E-state index in [4.69, 9.17) is 16.9 Å². The van der Waals surface area contributed by atoms with Crippen molar-refractivity contribution >= 4 is 17.6 Å². The second-order valence-electron chi connectivity index (χ2n) is 3.32. The van der Waals surface area contributed by atoms with E-state index in [1.807, 2.05) is 0 Å². The number of esters is 1. The number of carbonyl (C=O) groups excluding carboxylic acids is 1. The lowest BCUT2D eigenvalue weighted by Crippen LogP contribution is -2.11. The highest BCUT2D eigenvalue weighted by molar-refractivity contribution is 6.16. The summed E-state index contributed by atoms with van der Waals surface area (Å²) in [5, 5.41) is 8.89. The fourth-order valence-corrected chi connectivity index (χ4v) is 1.52. The van der Waals surface area contributed by atoms with E-state index in [0.29, 0.717) is 0 Å². The number of nitrogens with zero attached hydrogens (tertiary/aromatic N) is 2. The Morgan fingerprint density at radius 3 is 2.78 bits per heavy atom. The molecule has 0 bridgehead atoms. The molecule has 0 aliphatic carbocycles. The number of hydrogen-bond acceptors (Lipinski definition) is 4. The van der Waals surface area contributed by atoms with E-state index in [1.165, 1.54) is 0 Å². The van der Waals surface area contributed by atoms with Gasteiger partial charge in [-0.3, -0.25) is 9.78 Å². The Bertz CT molecular complexity index is 501. The molecule has 1 rings (SSSR count).